The molecule has 1 saturated carbocycles. The molecule has 4 nitrogen and oxygen atoms in total. The Morgan fingerprint density at radius 2 is 2.16 bits per heavy atom. The maximum Gasteiger partial charge on any atom is 0.341 e. The molecule has 1 heterocycles. The Kier molecular flexibility index (Phi) is 3.52. The van der Waals surface area contributed by atoms with Gasteiger partial charge in [0.15, 0.2) is 5.43 Å². The third-order valence-electron chi connectivity index (χ3n) is 4.08. The molecule has 0 saturated heterocycles. The van der Waals surface area contributed by atoms with Crippen LogP contribution in [-0.4, -0.2) is 15.6 Å². The lowest BCUT2D eigenvalue weighted by atomic mass is 9.75. The molecule has 4 heteroatoms. The van der Waals surface area contributed by atoms with Gasteiger partial charge in [0.2, 0.25) is 0 Å². The average molecular weight is 263 g/mol. The summed E-state index contributed by atoms with van der Waals surface area (Å²) < 4.78 is 1.98. The van der Waals surface area contributed by atoms with E-state index in [-0.39, 0.29) is 11.0 Å². The number of hydrogen-bond donors (Lipinski definition) is 1. The Balaban J connectivity index is 2.42. The van der Waals surface area contributed by atoms with Crippen LogP contribution in [0.25, 0.3) is 0 Å². The van der Waals surface area contributed by atoms with Crippen molar-refractivity contribution >= 4 is 5.97 Å². The van der Waals surface area contributed by atoms with Crippen molar-refractivity contribution in [3.05, 3.63) is 33.7 Å². The molecule has 0 aromatic carbocycles. The molecule has 1 N–H and O–H groups in total. The molecule has 1 aromatic heterocycles. The van der Waals surface area contributed by atoms with Crippen LogP contribution < -0.4 is 5.43 Å². The summed E-state index contributed by atoms with van der Waals surface area (Å²) in [6, 6.07) is 1.73. The molecule has 104 valence electrons. The van der Waals surface area contributed by atoms with Crippen molar-refractivity contribution in [3.8, 4) is 0 Å². The summed E-state index contributed by atoms with van der Waals surface area (Å²) in [6.07, 6.45) is 5.94. The molecule has 0 spiro atoms. The molecule has 1 aliphatic rings. The Labute approximate surface area is 113 Å². The molecule has 1 aliphatic carbocycles. The lowest BCUT2D eigenvalue weighted by Crippen LogP contribution is -2.28. The predicted molar refractivity (Wildman–Crippen MR) is 73.7 cm³/mol. The molecule has 0 amide bonds. The van der Waals surface area contributed by atoms with E-state index in [0.29, 0.717) is 6.04 Å². The summed E-state index contributed by atoms with van der Waals surface area (Å²) >= 11 is 0. The molecule has 19 heavy (non-hydrogen) atoms. The van der Waals surface area contributed by atoms with Gasteiger partial charge in [-0.05, 0) is 31.6 Å². The Morgan fingerprint density at radius 1 is 1.47 bits per heavy atom. The monoisotopic (exact) mass is 263 g/mol. The Morgan fingerprint density at radius 3 is 2.74 bits per heavy atom. The van der Waals surface area contributed by atoms with Crippen LogP contribution in [-0.2, 0) is 0 Å². The third kappa shape index (κ3) is 2.88. The lowest BCUT2D eigenvalue weighted by Gasteiger charge is -2.37. The number of rotatable bonds is 2. The number of aromatic carboxylic acids is 1. The second-order valence-electron chi connectivity index (χ2n) is 6.32. The molecule has 0 bridgehead atoms. The molecule has 1 aromatic rings. The zero-order valence-corrected chi connectivity index (χ0v) is 11.8. The van der Waals surface area contributed by atoms with Crippen LogP contribution in [0.5, 0.6) is 0 Å². The molecule has 1 unspecified atom stereocenters. The van der Waals surface area contributed by atoms with E-state index in [2.05, 4.69) is 13.8 Å². The first-order valence-corrected chi connectivity index (χ1v) is 6.76. The quantitative estimate of drug-likeness (QED) is 0.892. The highest BCUT2D eigenvalue weighted by Gasteiger charge is 2.29. The van der Waals surface area contributed by atoms with Crippen molar-refractivity contribution in [2.75, 3.05) is 0 Å². The highest BCUT2D eigenvalue weighted by atomic mass is 16.4. The van der Waals surface area contributed by atoms with Gasteiger partial charge in [0.25, 0.3) is 0 Å². The van der Waals surface area contributed by atoms with Crippen molar-refractivity contribution in [1.82, 2.24) is 4.57 Å². The minimum atomic E-state index is -1.14. The number of carboxylic acids is 1. The fraction of sp³-hybridized carbons (Fsp3) is 0.600. The number of aryl methyl sites for hydroxylation is 1. The van der Waals surface area contributed by atoms with Gasteiger partial charge in [0, 0.05) is 24.0 Å². The maximum absolute atomic E-state index is 11.6. The van der Waals surface area contributed by atoms with E-state index in [9.17, 15) is 9.59 Å². The second kappa shape index (κ2) is 4.83. The summed E-state index contributed by atoms with van der Waals surface area (Å²) in [5.41, 5.74) is 0.588. The van der Waals surface area contributed by atoms with Gasteiger partial charge >= 0.3 is 5.97 Å². The van der Waals surface area contributed by atoms with Gasteiger partial charge < -0.3 is 9.67 Å². The normalized spacial score (nSPS) is 22.2. The standard InChI is InChI=1S/C15H21NO3/c1-10-7-13(17)12(14(18)19)9-16(10)11-5-4-6-15(2,3)8-11/h7,9,11H,4-6,8H2,1-3H3,(H,18,19). The summed E-state index contributed by atoms with van der Waals surface area (Å²) in [6.45, 7) is 6.36. The van der Waals surface area contributed by atoms with Crippen molar-refractivity contribution in [2.24, 2.45) is 5.41 Å². The molecule has 0 aliphatic heterocycles. The first-order valence-electron chi connectivity index (χ1n) is 6.76. The van der Waals surface area contributed by atoms with Crippen LogP contribution in [0.4, 0.5) is 0 Å². The second-order valence-corrected chi connectivity index (χ2v) is 6.32. The summed E-state index contributed by atoms with van der Waals surface area (Å²) in [7, 11) is 0. The van der Waals surface area contributed by atoms with E-state index in [1.165, 1.54) is 18.7 Å². The van der Waals surface area contributed by atoms with E-state index >= 15 is 0 Å². The molecular weight excluding hydrogens is 242 g/mol. The number of hydrogen-bond acceptors (Lipinski definition) is 2. The van der Waals surface area contributed by atoms with Crippen LogP contribution in [0.2, 0.25) is 0 Å². The van der Waals surface area contributed by atoms with Gasteiger partial charge in [-0.2, -0.15) is 0 Å². The molecule has 1 atom stereocenters. The van der Waals surface area contributed by atoms with Crippen LogP contribution in [0.1, 0.15) is 61.6 Å². The first-order chi connectivity index (χ1) is 8.80. The number of carbonyl (C=O) groups is 1. The van der Waals surface area contributed by atoms with Gasteiger partial charge in [0.05, 0.1) is 0 Å². The van der Waals surface area contributed by atoms with E-state index in [4.69, 9.17) is 5.11 Å². The SMILES string of the molecule is Cc1cc(=O)c(C(=O)O)cn1C1CCCC(C)(C)C1. The van der Waals surface area contributed by atoms with Crippen LogP contribution in [0.15, 0.2) is 17.1 Å². The highest BCUT2D eigenvalue weighted by molar-refractivity contribution is 5.87. The van der Waals surface area contributed by atoms with Crippen molar-refractivity contribution in [3.63, 3.8) is 0 Å². The molecular formula is C15H21NO3. The molecule has 1 fully saturated rings. The maximum atomic E-state index is 11.6. The average Bonchev–Trinajstić information content (AvgIpc) is 2.26. The Hall–Kier alpha value is -1.58. The Bertz CT molecular complexity index is 557. The van der Waals surface area contributed by atoms with Crippen molar-refractivity contribution in [1.29, 1.82) is 0 Å². The number of pyridine rings is 1. The van der Waals surface area contributed by atoms with Crippen molar-refractivity contribution in [2.45, 2.75) is 52.5 Å². The van der Waals surface area contributed by atoms with Crippen LogP contribution in [0, 0.1) is 12.3 Å². The van der Waals surface area contributed by atoms with Gasteiger partial charge in [-0.25, -0.2) is 4.79 Å². The fourth-order valence-electron chi connectivity index (χ4n) is 3.10. The van der Waals surface area contributed by atoms with Crippen molar-refractivity contribution < 1.29 is 9.90 Å². The number of aromatic nitrogens is 1. The molecule has 0 radical (unpaired) electrons. The first kappa shape index (κ1) is 13.8. The van der Waals surface area contributed by atoms with Gasteiger partial charge in [-0.1, -0.05) is 20.3 Å². The van der Waals surface area contributed by atoms with Gasteiger partial charge in [-0.3, -0.25) is 4.79 Å². The van der Waals surface area contributed by atoms with E-state index in [1.54, 1.807) is 0 Å². The van der Waals surface area contributed by atoms with E-state index < -0.39 is 11.4 Å². The highest BCUT2D eigenvalue weighted by Crippen LogP contribution is 2.41. The third-order valence-corrected chi connectivity index (χ3v) is 4.08. The number of carboxylic acid groups (broad SMARTS) is 1. The molecule has 2 rings (SSSR count). The largest absolute Gasteiger partial charge is 0.477 e. The minimum absolute atomic E-state index is 0.131. The lowest BCUT2D eigenvalue weighted by molar-refractivity contribution is 0.0694. The van der Waals surface area contributed by atoms with Gasteiger partial charge in [0.1, 0.15) is 5.56 Å². The topological polar surface area (TPSA) is 59.3 Å². The van der Waals surface area contributed by atoms with Gasteiger partial charge in [-0.15, -0.1) is 0 Å². The summed E-state index contributed by atoms with van der Waals surface area (Å²) in [5.74, 6) is -1.14. The smallest absolute Gasteiger partial charge is 0.341 e. The zero-order chi connectivity index (χ0) is 14.2. The zero-order valence-electron chi connectivity index (χ0n) is 11.8. The van der Waals surface area contributed by atoms with E-state index in [0.717, 1.165) is 25.0 Å². The fourth-order valence-corrected chi connectivity index (χ4v) is 3.10. The summed E-state index contributed by atoms with van der Waals surface area (Å²) in [4.78, 5) is 22.7. The minimum Gasteiger partial charge on any atom is -0.477 e. The van der Waals surface area contributed by atoms with E-state index in [1.807, 2.05) is 11.5 Å². The van der Waals surface area contributed by atoms with Crippen LogP contribution >= 0.6 is 0 Å². The predicted octanol–water partition coefficient (Wildman–Crippen LogP) is 3.00. The summed E-state index contributed by atoms with van der Waals surface area (Å²) in [5, 5.41) is 9.07. The number of nitrogens with zero attached hydrogens (tertiary/aromatic N) is 1. The van der Waals surface area contributed by atoms with Crippen LogP contribution in [0.3, 0.4) is 0 Å².